The molecule has 5 rings (SSSR count). The van der Waals surface area contributed by atoms with E-state index in [9.17, 15) is 18.8 Å². The van der Waals surface area contributed by atoms with Crippen molar-refractivity contribution in [1.82, 2.24) is 19.3 Å². The average Bonchev–Trinajstić information content (AvgIpc) is 3.53. The SMILES string of the molecule is O=C(C1CCCN1C(=O)Cc1ccc(F)cc1)N1CCC(N2Cc3cccn3C2=O)CC1. The van der Waals surface area contributed by atoms with Crippen LogP contribution in [-0.4, -0.2) is 68.8 Å². The van der Waals surface area contributed by atoms with Crippen molar-refractivity contribution in [3.63, 3.8) is 0 Å². The summed E-state index contributed by atoms with van der Waals surface area (Å²) in [6.45, 7) is 2.39. The van der Waals surface area contributed by atoms with Gasteiger partial charge >= 0.3 is 6.03 Å². The molecule has 0 radical (unpaired) electrons. The van der Waals surface area contributed by atoms with Gasteiger partial charge in [-0.15, -0.1) is 0 Å². The quantitative estimate of drug-likeness (QED) is 0.737. The van der Waals surface area contributed by atoms with E-state index in [-0.39, 0.29) is 36.1 Å². The summed E-state index contributed by atoms with van der Waals surface area (Å²) in [7, 11) is 0. The zero-order valence-corrected chi connectivity index (χ0v) is 18.0. The minimum atomic E-state index is -0.423. The number of benzene rings is 1. The second kappa shape index (κ2) is 8.41. The summed E-state index contributed by atoms with van der Waals surface area (Å²) in [4.78, 5) is 44.2. The number of amides is 3. The predicted octanol–water partition coefficient (Wildman–Crippen LogP) is 2.64. The van der Waals surface area contributed by atoms with Gasteiger partial charge in [0.2, 0.25) is 11.8 Å². The molecule has 3 aliphatic rings. The Balaban J connectivity index is 1.17. The number of nitrogens with zero attached hydrogens (tertiary/aromatic N) is 4. The van der Waals surface area contributed by atoms with E-state index >= 15 is 0 Å². The van der Waals surface area contributed by atoms with Crippen molar-refractivity contribution in [3.8, 4) is 0 Å². The van der Waals surface area contributed by atoms with Crippen LogP contribution in [-0.2, 0) is 22.6 Å². The van der Waals surface area contributed by atoms with Gasteiger partial charge in [0.05, 0.1) is 13.0 Å². The Morgan fingerprint density at radius 1 is 1.00 bits per heavy atom. The van der Waals surface area contributed by atoms with Crippen LogP contribution in [0.1, 0.15) is 36.9 Å². The smallest absolute Gasteiger partial charge is 0.329 e. The Hall–Kier alpha value is -3.16. The molecule has 0 bridgehead atoms. The van der Waals surface area contributed by atoms with Gasteiger partial charge in [0.15, 0.2) is 0 Å². The highest BCUT2D eigenvalue weighted by atomic mass is 19.1. The Kier molecular flexibility index (Phi) is 5.45. The molecular weight excluding hydrogens is 411 g/mol. The largest absolute Gasteiger partial charge is 0.341 e. The van der Waals surface area contributed by atoms with Crippen LogP contribution in [0.25, 0.3) is 0 Å². The fourth-order valence-corrected chi connectivity index (χ4v) is 5.21. The second-order valence-electron chi connectivity index (χ2n) is 8.88. The fraction of sp³-hybridized carbons (Fsp3) is 0.458. The van der Waals surface area contributed by atoms with Gasteiger partial charge in [-0.05, 0) is 55.5 Å². The molecule has 2 fully saturated rings. The van der Waals surface area contributed by atoms with Crippen LogP contribution in [0, 0.1) is 5.82 Å². The summed E-state index contributed by atoms with van der Waals surface area (Å²) in [5.74, 6) is -0.414. The molecule has 2 saturated heterocycles. The Labute approximate surface area is 186 Å². The topological polar surface area (TPSA) is 65.9 Å². The van der Waals surface area contributed by atoms with Crippen LogP contribution in [0.3, 0.4) is 0 Å². The molecule has 3 amide bonds. The van der Waals surface area contributed by atoms with Crippen LogP contribution in [0.2, 0.25) is 0 Å². The lowest BCUT2D eigenvalue weighted by atomic mass is 10.0. The number of likely N-dealkylation sites (tertiary alicyclic amines) is 2. The van der Waals surface area contributed by atoms with Crippen LogP contribution >= 0.6 is 0 Å². The molecule has 3 aliphatic heterocycles. The first-order chi connectivity index (χ1) is 15.5. The van der Waals surface area contributed by atoms with Gasteiger partial charge in [0, 0.05) is 37.6 Å². The summed E-state index contributed by atoms with van der Waals surface area (Å²) < 4.78 is 14.8. The number of aromatic nitrogens is 1. The van der Waals surface area contributed by atoms with Crippen molar-refractivity contribution in [2.24, 2.45) is 0 Å². The lowest BCUT2D eigenvalue weighted by molar-refractivity contribution is -0.144. The van der Waals surface area contributed by atoms with Gasteiger partial charge in [-0.1, -0.05) is 12.1 Å². The Morgan fingerprint density at radius 3 is 2.47 bits per heavy atom. The summed E-state index contributed by atoms with van der Waals surface area (Å²) >= 11 is 0. The molecule has 0 N–H and O–H groups in total. The minimum absolute atomic E-state index is 0.00687. The van der Waals surface area contributed by atoms with Crippen LogP contribution in [0.5, 0.6) is 0 Å². The predicted molar refractivity (Wildman–Crippen MR) is 115 cm³/mol. The van der Waals surface area contributed by atoms with E-state index in [1.54, 1.807) is 27.8 Å². The highest BCUT2D eigenvalue weighted by Gasteiger charge is 2.39. The third-order valence-corrected chi connectivity index (χ3v) is 6.96. The van der Waals surface area contributed by atoms with Gasteiger partial charge < -0.3 is 14.7 Å². The maximum absolute atomic E-state index is 13.2. The molecule has 1 atom stereocenters. The van der Waals surface area contributed by atoms with E-state index in [1.807, 2.05) is 21.9 Å². The molecule has 2 aromatic rings. The van der Waals surface area contributed by atoms with E-state index in [2.05, 4.69) is 0 Å². The molecule has 1 aromatic carbocycles. The minimum Gasteiger partial charge on any atom is -0.341 e. The number of piperidine rings is 1. The van der Waals surface area contributed by atoms with Crippen LogP contribution < -0.4 is 0 Å². The van der Waals surface area contributed by atoms with Gasteiger partial charge in [0.25, 0.3) is 0 Å². The Bertz CT molecular complexity index is 1030. The summed E-state index contributed by atoms with van der Waals surface area (Å²) in [5.41, 5.74) is 1.76. The standard InChI is InChI=1S/C24H27FN4O3/c25-18-7-5-17(6-8-18)15-22(30)28-12-2-4-21(28)23(31)26-13-9-19(10-14-26)29-16-20-3-1-11-27(20)24(29)32/h1,3,5-8,11,19,21H,2,4,9-10,12-16H2. The lowest BCUT2D eigenvalue weighted by Crippen LogP contribution is -2.52. The molecule has 0 aliphatic carbocycles. The maximum atomic E-state index is 13.2. The number of halogens is 1. The zero-order chi connectivity index (χ0) is 22.2. The number of hydrogen-bond donors (Lipinski definition) is 0. The zero-order valence-electron chi connectivity index (χ0n) is 18.0. The van der Waals surface area contributed by atoms with Crippen molar-refractivity contribution in [2.45, 2.75) is 50.7 Å². The van der Waals surface area contributed by atoms with Crippen molar-refractivity contribution >= 4 is 17.8 Å². The van der Waals surface area contributed by atoms with Crippen molar-refractivity contribution in [1.29, 1.82) is 0 Å². The van der Waals surface area contributed by atoms with E-state index in [0.717, 1.165) is 30.5 Å². The van der Waals surface area contributed by atoms with Gasteiger partial charge in [-0.2, -0.15) is 0 Å². The molecule has 1 aromatic heterocycles. The van der Waals surface area contributed by atoms with E-state index in [4.69, 9.17) is 0 Å². The fourth-order valence-electron chi connectivity index (χ4n) is 5.21. The molecule has 0 spiro atoms. The molecule has 168 valence electrons. The first-order valence-electron chi connectivity index (χ1n) is 11.3. The molecule has 8 heteroatoms. The highest BCUT2D eigenvalue weighted by Crippen LogP contribution is 2.27. The normalized spacial score (nSPS) is 21.3. The third kappa shape index (κ3) is 3.78. The van der Waals surface area contributed by atoms with E-state index in [1.165, 1.54) is 12.1 Å². The first-order valence-corrected chi connectivity index (χ1v) is 11.3. The van der Waals surface area contributed by atoms with Crippen LogP contribution in [0.15, 0.2) is 42.6 Å². The molecule has 0 saturated carbocycles. The molecule has 32 heavy (non-hydrogen) atoms. The monoisotopic (exact) mass is 438 g/mol. The van der Waals surface area contributed by atoms with Crippen molar-refractivity contribution < 1.29 is 18.8 Å². The number of carbonyl (C=O) groups is 3. The molecule has 4 heterocycles. The van der Waals surface area contributed by atoms with Crippen LogP contribution in [0.4, 0.5) is 9.18 Å². The molecule has 7 nitrogen and oxygen atoms in total. The average molecular weight is 439 g/mol. The van der Waals surface area contributed by atoms with Gasteiger partial charge in [-0.25, -0.2) is 9.18 Å². The molecular formula is C24H27FN4O3. The lowest BCUT2D eigenvalue weighted by Gasteiger charge is -2.38. The number of rotatable bonds is 4. The van der Waals surface area contributed by atoms with Crippen molar-refractivity contribution in [2.75, 3.05) is 19.6 Å². The van der Waals surface area contributed by atoms with E-state index < -0.39 is 6.04 Å². The Morgan fingerprint density at radius 2 is 1.75 bits per heavy atom. The second-order valence-corrected chi connectivity index (χ2v) is 8.88. The number of hydrogen-bond acceptors (Lipinski definition) is 3. The summed E-state index contributed by atoms with van der Waals surface area (Å²) in [6, 6.07) is 9.50. The molecule has 1 unspecified atom stereocenters. The van der Waals surface area contributed by atoms with Gasteiger partial charge in [0.1, 0.15) is 11.9 Å². The number of fused-ring (bicyclic) bond motifs is 1. The number of carbonyl (C=O) groups excluding carboxylic acids is 3. The van der Waals surface area contributed by atoms with E-state index in [0.29, 0.717) is 32.6 Å². The van der Waals surface area contributed by atoms with Crippen molar-refractivity contribution in [3.05, 3.63) is 59.7 Å². The summed E-state index contributed by atoms with van der Waals surface area (Å²) in [5, 5.41) is 0. The highest BCUT2D eigenvalue weighted by molar-refractivity contribution is 5.89. The maximum Gasteiger partial charge on any atom is 0.329 e. The first kappa shape index (κ1) is 20.7. The van der Waals surface area contributed by atoms with Gasteiger partial charge in [-0.3, -0.25) is 14.2 Å². The third-order valence-electron chi connectivity index (χ3n) is 6.96. The summed E-state index contributed by atoms with van der Waals surface area (Å²) in [6.07, 6.45) is 4.95.